The Morgan fingerprint density at radius 2 is 1.93 bits per heavy atom. The van der Waals surface area contributed by atoms with Crippen LogP contribution in [0.5, 0.6) is 0 Å². The fraction of sp³-hybridized carbons (Fsp3) is 0.406. The van der Waals surface area contributed by atoms with E-state index in [1.54, 1.807) is 6.20 Å². The van der Waals surface area contributed by atoms with E-state index in [4.69, 9.17) is 14.8 Å². The number of benzene rings is 1. The maximum atomic E-state index is 12.4. The molecule has 0 spiro atoms. The van der Waals surface area contributed by atoms with Crippen molar-refractivity contribution in [2.24, 2.45) is 5.92 Å². The van der Waals surface area contributed by atoms with Gasteiger partial charge < -0.3 is 9.64 Å². The van der Waals surface area contributed by atoms with Gasteiger partial charge in [0.25, 0.3) is 0 Å². The van der Waals surface area contributed by atoms with Crippen LogP contribution in [0.15, 0.2) is 67.3 Å². The zero-order valence-electron chi connectivity index (χ0n) is 23.9. The second-order valence-electron chi connectivity index (χ2n) is 11.4. The van der Waals surface area contributed by atoms with Crippen LogP contribution in [0, 0.1) is 5.92 Å². The molecule has 3 aromatic heterocycles. The van der Waals surface area contributed by atoms with Gasteiger partial charge >= 0.3 is 5.97 Å². The number of aromatic nitrogens is 5. The van der Waals surface area contributed by atoms with Gasteiger partial charge in [-0.05, 0) is 82.3 Å². The van der Waals surface area contributed by atoms with E-state index in [-0.39, 0.29) is 5.97 Å². The van der Waals surface area contributed by atoms with Crippen molar-refractivity contribution in [1.29, 1.82) is 0 Å². The molecule has 0 amide bonds. The Morgan fingerprint density at radius 1 is 1.10 bits per heavy atom. The van der Waals surface area contributed by atoms with Gasteiger partial charge in [0.2, 0.25) is 0 Å². The number of hydrogen-bond acceptors (Lipinski definition) is 7. The van der Waals surface area contributed by atoms with Crippen molar-refractivity contribution in [1.82, 2.24) is 24.7 Å². The first-order valence-electron chi connectivity index (χ1n) is 14.1. The van der Waals surface area contributed by atoms with E-state index >= 15 is 0 Å². The SMILES string of the molecule is CCn1cc(-c2ccnc(Cc3ccc(N4CCC[C@@H](CC(=O)OC(C)(C)C)C4)cc3)n2)c(-c2cccnc2)n1. The molecule has 0 aliphatic carbocycles. The molecule has 0 radical (unpaired) electrons. The fourth-order valence-electron chi connectivity index (χ4n) is 5.21. The first kappa shape index (κ1) is 27.5. The highest BCUT2D eigenvalue weighted by Gasteiger charge is 2.25. The van der Waals surface area contributed by atoms with Crippen LogP contribution in [0.4, 0.5) is 5.69 Å². The zero-order chi connectivity index (χ0) is 28.1. The number of nitrogens with zero attached hydrogens (tertiary/aromatic N) is 6. The minimum atomic E-state index is -0.441. The lowest BCUT2D eigenvalue weighted by Crippen LogP contribution is -2.37. The minimum absolute atomic E-state index is 0.105. The van der Waals surface area contributed by atoms with E-state index < -0.39 is 5.60 Å². The number of pyridine rings is 1. The maximum Gasteiger partial charge on any atom is 0.306 e. The van der Waals surface area contributed by atoms with E-state index in [9.17, 15) is 4.79 Å². The standard InChI is InChI=1S/C32H38N6O2/c1-5-38-22-27(31(36-38)25-9-6-15-33-20-25)28-14-16-34-29(35-28)18-23-10-12-26(13-11-23)37-17-7-8-24(21-37)19-30(39)40-32(2,3)4/h6,9-16,20,22,24H,5,7-8,17-19,21H2,1-4H3/t24-/m0/s1. The van der Waals surface area contributed by atoms with E-state index in [1.165, 1.54) is 5.69 Å². The third-order valence-corrected chi connectivity index (χ3v) is 7.06. The first-order valence-corrected chi connectivity index (χ1v) is 14.1. The van der Waals surface area contributed by atoms with Gasteiger partial charge in [0.1, 0.15) is 17.1 Å². The van der Waals surface area contributed by atoms with Crippen LogP contribution in [-0.2, 0) is 22.5 Å². The summed E-state index contributed by atoms with van der Waals surface area (Å²) in [6.45, 7) is 10.5. The molecule has 208 valence electrons. The molecule has 1 atom stereocenters. The highest BCUT2D eigenvalue weighted by Crippen LogP contribution is 2.30. The highest BCUT2D eigenvalue weighted by atomic mass is 16.6. The average Bonchev–Trinajstić information content (AvgIpc) is 3.38. The molecule has 1 aliphatic rings. The summed E-state index contributed by atoms with van der Waals surface area (Å²) in [6, 6.07) is 14.5. The second kappa shape index (κ2) is 12.0. The zero-order valence-corrected chi connectivity index (χ0v) is 23.9. The van der Waals surface area contributed by atoms with Crippen LogP contribution < -0.4 is 4.90 Å². The molecule has 40 heavy (non-hydrogen) atoms. The van der Waals surface area contributed by atoms with E-state index in [1.807, 2.05) is 62.2 Å². The second-order valence-corrected chi connectivity index (χ2v) is 11.4. The number of aryl methyl sites for hydroxylation is 1. The van der Waals surface area contributed by atoms with E-state index in [2.05, 4.69) is 46.1 Å². The molecule has 4 aromatic rings. The number of ether oxygens (including phenoxy) is 1. The molecular formula is C32H38N6O2. The summed E-state index contributed by atoms with van der Waals surface area (Å²) in [6.07, 6.45) is 10.7. The van der Waals surface area contributed by atoms with Crippen molar-refractivity contribution in [3.8, 4) is 22.5 Å². The molecule has 8 heteroatoms. The molecule has 1 aromatic carbocycles. The van der Waals surface area contributed by atoms with Gasteiger partial charge in [-0.1, -0.05) is 12.1 Å². The molecule has 1 aliphatic heterocycles. The number of anilines is 1. The Kier molecular flexibility index (Phi) is 8.24. The Hall–Kier alpha value is -4.07. The summed E-state index contributed by atoms with van der Waals surface area (Å²) >= 11 is 0. The summed E-state index contributed by atoms with van der Waals surface area (Å²) in [5.41, 5.74) is 5.55. The van der Waals surface area contributed by atoms with Gasteiger partial charge in [-0.2, -0.15) is 5.10 Å². The topological polar surface area (TPSA) is 86.0 Å². The van der Waals surface area contributed by atoms with E-state index in [0.717, 1.165) is 66.4 Å². The third-order valence-electron chi connectivity index (χ3n) is 7.06. The molecule has 8 nitrogen and oxygen atoms in total. The molecule has 4 heterocycles. The highest BCUT2D eigenvalue weighted by molar-refractivity contribution is 5.78. The predicted molar refractivity (Wildman–Crippen MR) is 157 cm³/mol. The summed E-state index contributed by atoms with van der Waals surface area (Å²) in [7, 11) is 0. The molecule has 1 saturated heterocycles. The van der Waals surface area contributed by atoms with Gasteiger partial charge in [-0.15, -0.1) is 0 Å². The molecule has 0 bridgehead atoms. The van der Waals surface area contributed by atoms with Crippen LogP contribution >= 0.6 is 0 Å². The van der Waals surface area contributed by atoms with Crippen LogP contribution in [0.2, 0.25) is 0 Å². The Bertz CT molecular complexity index is 1430. The number of rotatable bonds is 8. The number of carbonyl (C=O) groups excluding carboxylic acids is 1. The normalized spacial score (nSPS) is 15.7. The van der Waals surface area contributed by atoms with Crippen molar-refractivity contribution in [2.75, 3.05) is 18.0 Å². The van der Waals surface area contributed by atoms with Crippen molar-refractivity contribution < 1.29 is 9.53 Å². The van der Waals surface area contributed by atoms with Crippen LogP contribution in [0.3, 0.4) is 0 Å². The molecule has 0 N–H and O–H groups in total. The lowest BCUT2D eigenvalue weighted by molar-refractivity contribution is -0.156. The van der Waals surface area contributed by atoms with Crippen LogP contribution in [0.25, 0.3) is 22.5 Å². The number of hydrogen-bond donors (Lipinski definition) is 0. The monoisotopic (exact) mass is 538 g/mol. The largest absolute Gasteiger partial charge is 0.460 e. The summed E-state index contributed by atoms with van der Waals surface area (Å²) in [5.74, 6) is 0.974. The lowest BCUT2D eigenvalue weighted by Gasteiger charge is -2.34. The summed E-state index contributed by atoms with van der Waals surface area (Å²) < 4.78 is 7.48. The van der Waals surface area contributed by atoms with Crippen molar-refractivity contribution in [3.05, 3.63) is 78.6 Å². The third kappa shape index (κ3) is 6.92. The molecule has 0 unspecified atom stereocenters. The molecule has 0 saturated carbocycles. The smallest absolute Gasteiger partial charge is 0.306 e. The van der Waals surface area contributed by atoms with Gasteiger partial charge in [-0.25, -0.2) is 9.97 Å². The number of carbonyl (C=O) groups is 1. The summed E-state index contributed by atoms with van der Waals surface area (Å²) in [4.78, 5) is 28.5. The Balaban J connectivity index is 1.27. The lowest BCUT2D eigenvalue weighted by atomic mass is 9.94. The Morgan fingerprint density at radius 3 is 2.65 bits per heavy atom. The van der Waals surface area contributed by atoms with Crippen LogP contribution in [-0.4, -0.2) is 49.4 Å². The van der Waals surface area contributed by atoms with Gasteiger partial charge in [0.15, 0.2) is 0 Å². The summed E-state index contributed by atoms with van der Waals surface area (Å²) in [5, 5.41) is 4.77. The van der Waals surface area contributed by atoms with Gasteiger partial charge in [-0.3, -0.25) is 14.5 Å². The predicted octanol–water partition coefficient (Wildman–Crippen LogP) is 5.96. The van der Waals surface area contributed by atoms with Gasteiger partial charge in [0.05, 0.1) is 12.1 Å². The molecular weight excluding hydrogens is 500 g/mol. The molecule has 5 rings (SSSR count). The van der Waals surface area contributed by atoms with Gasteiger partial charge in [0, 0.05) is 67.7 Å². The van der Waals surface area contributed by atoms with Crippen LogP contribution in [0.1, 0.15) is 58.3 Å². The minimum Gasteiger partial charge on any atom is -0.460 e. The fourth-order valence-corrected chi connectivity index (χ4v) is 5.21. The van der Waals surface area contributed by atoms with Crippen molar-refractivity contribution in [2.45, 2.75) is 65.5 Å². The molecule has 1 fully saturated rings. The first-order chi connectivity index (χ1) is 19.3. The Labute approximate surface area is 236 Å². The maximum absolute atomic E-state index is 12.4. The number of esters is 1. The average molecular weight is 539 g/mol. The number of piperidine rings is 1. The van der Waals surface area contributed by atoms with Crippen molar-refractivity contribution in [3.63, 3.8) is 0 Å². The van der Waals surface area contributed by atoms with Crippen molar-refractivity contribution >= 4 is 11.7 Å². The van der Waals surface area contributed by atoms with E-state index in [0.29, 0.717) is 18.8 Å². The quantitative estimate of drug-likeness (QED) is 0.256.